The fourth-order valence-corrected chi connectivity index (χ4v) is 2.98. The Hall–Kier alpha value is -2.48. The maximum Gasteiger partial charge on any atom is 0.408 e. The fourth-order valence-electron chi connectivity index (χ4n) is 1.95. The number of hydrogen-bond donors (Lipinski definition) is 2. The van der Waals surface area contributed by atoms with Crippen LogP contribution in [0.5, 0.6) is 0 Å². The van der Waals surface area contributed by atoms with Gasteiger partial charge in [0.25, 0.3) is 0 Å². The van der Waals surface area contributed by atoms with Gasteiger partial charge in [-0.1, -0.05) is 12.7 Å². The molecule has 148 valence electrons. The van der Waals surface area contributed by atoms with Crippen molar-refractivity contribution in [3.8, 4) is 0 Å². The summed E-state index contributed by atoms with van der Waals surface area (Å²) in [6, 6.07) is 3.89. The number of hydrogen-bond acceptors (Lipinski definition) is 6. The Bertz CT molecular complexity index is 711. The first kappa shape index (κ1) is 22.6. The highest BCUT2D eigenvalue weighted by Crippen LogP contribution is 2.24. The molecule has 0 aliphatic rings. The van der Waals surface area contributed by atoms with Crippen molar-refractivity contribution in [3.05, 3.63) is 42.0 Å². The van der Waals surface area contributed by atoms with Gasteiger partial charge in [-0.05, 0) is 51.5 Å². The van der Waals surface area contributed by atoms with Crippen molar-refractivity contribution in [2.24, 2.45) is 0 Å². The van der Waals surface area contributed by atoms with Crippen LogP contribution in [0.4, 0.5) is 4.79 Å². The molecule has 0 aliphatic carbocycles. The molecule has 1 atom stereocenters. The smallest absolute Gasteiger partial charge is 0.408 e. The summed E-state index contributed by atoms with van der Waals surface area (Å²) in [4.78, 5) is 35.8. The van der Waals surface area contributed by atoms with Gasteiger partial charge in [0.2, 0.25) is 0 Å². The summed E-state index contributed by atoms with van der Waals surface area (Å²) < 4.78 is 10.1. The third-order valence-corrected chi connectivity index (χ3v) is 4.41. The zero-order valence-electron chi connectivity index (χ0n) is 15.9. The van der Waals surface area contributed by atoms with E-state index in [1.165, 1.54) is 17.8 Å². The zero-order chi connectivity index (χ0) is 20.6. The highest BCUT2D eigenvalue weighted by Gasteiger charge is 2.24. The quantitative estimate of drug-likeness (QED) is 0.395. The van der Waals surface area contributed by atoms with Crippen LogP contribution in [-0.4, -0.2) is 47.1 Å². The van der Waals surface area contributed by atoms with Gasteiger partial charge in [-0.3, -0.25) is 0 Å². The van der Waals surface area contributed by atoms with Crippen LogP contribution in [0.1, 0.15) is 36.7 Å². The zero-order valence-corrected chi connectivity index (χ0v) is 16.7. The lowest BCUT2D eigenvalue weighted by molar-refractivity contribution is -0.138. The molecule has 0 unspecified atom stereocenters. The predicted molar refractivity (Wildman–Crippen MR) is 103 cm³/mol. The van der Waals surface area contributed by atoms with Crippen LogP contribution in [0.25, 0.3) is 0 Å². The number of carboxylic acids is 1. The maximum absolute atomic E-state index is 11.8. The number of thioether (sulfide) groups is 1. The fraction of sp³-hybridized carbons (Fsp3) is 0.421. The van der Waals surface area contributed by atoms with Crippen LogP contribution < -0.4 is 5.32 Å². The molecule has 1 aromatic rings. The Balaban J connectivity index is 2.73. The van der Waals surface area contributed by atoms with Gasteiger partial charge in [-0.25, -0.2) is 14.4 Å². The number of esters is 1. The molecule has 0 spiro atoms. The molecular weight excluding hydrogens is 370 g/mol. The average Bonchev–Trinajstić information content (AvgIpc) is 2.55. The molecule has 0 fully saturated rings. The molecule has 1 aromatic carbocycles. The molecule has 0 aliphatic heterocycles. The number of ether oxygens (including phenoxy) is 2. The second kappa shape index (κ2) is 10.0. The van der Waals surface area contributed by atoms with Crippen LogP contribution in [0.2, 0.25) is 0 Å². The molecule has 1 rings (SSSR count). The summed E-state index contributed by atoms with van der Waals surface area (Å²) in [7, 11) is 0. The Morgan fingerprint density at radius 2 is 2.00 bits per heavy atom. The molecule has 1 amide bonds. The van der Waals surface area contributed by atoms with E-state index in [2.05, 4.69) is 11.9 Å². The van der Waals surface area contributed by atoms with E-state index < -0.39 is 29.7 Å². The number of benzene rings is 1. The second-order valence-electron chi connectivity index (χ2n) is 6.72. The number of carbonyl (C=O) groups is 3. The van der Waals surface area contributed by atoms with Gasteiger partial charge in [0.05, 0.1) is 5.56 Å². The largest absolute Gasteiger partial charge is 0.480 e. The molecule has 0 aromatic heterocycles. The molecule has 0 heterocycles. The van der Waals surface area contributed by atoms with E-state index in [4.69, 9.17) is 9.47 Å². The first-order chi connectivity index (χ1) is 12.5. The third-order valence-electron chi connectivity index (χ3n) is 3.14. The molecular formula is C19H25NO6S. The Labute approximate surface area is 163 Å². The molecule has 7 nitrogen and oxygen atoms in total. The van der Waals surface area contributed by atoms with Crippen molar-refractivity contribution in [2.75, 3.05) is 12.4 Å². The van der Waals surface area contributed by atoms with E-state index in [1.54, 1.807) is 39.0 Å². The highest BCUT2D eigenvalue weighted by molar-refractivity contribution is 7.99. The molecule has 0 saturated heterocycles. The molecule has 8 heteroatoms. The van der Waals surface area contributed by atoms with E-state index >= 15 is 0 Å². The van der Waals surface area contributed by atoms with Gasteiger partial charge in [0, 0.05) is 10.6 Å². The summed E-state index contributed by atoms with van der Waals surface area (Å²) in [6.45, 7) is 10.5. The lowest BCUT2D eigenvalue weighted by Gasteiger charge is -2.22. The number of aryl methyl sites for hydroxylation is 1. The Morgan fingerprint density at radius 1 is 1.33 bits per heavy atom. The minimum atomic E-state index is -1.16. The SMILES string of the molecule is C=CCOC(=O)c1ccc(SC[C@H](NC(=O)OC(C)(C)C)C(=O)O)c(C)c1. The van der Waals surface area contributed by atoms with E-state index in [0.29, 0.717) is 5.56 Å². The number of amides is 1. The van der Waals surface area contributed by atoms with Gasteiger partial charge >= 0.3 is 18.0 Å². The predicted octanol–water partition coefficient (Wildman–Crippen LogP) is 3.41. The lowest BCUT2D eigenvalue weighted by Crippen LogP contribution is -2.44. The number of carbonyl (C=O) groups excluding carboxylic acids is 2. The van der Waals surface area contributed by atoms with Crippen LogP contribution in [0, 0.1) is 6.92 Å². The standard InChI is InChI=1S/C19H25NO6S/c1-6-9-25-17(23)13-7-8-15(12(2)10-13)27-11-14(16(21)22)20-18(24)26-19(3,4)5/h6-8,10,14H,1,9,11H2,2-5H3,(H,20,24)(H,21,22)/t14-/m0/s1. The van der Waals surface area contributed by atoms with Gasteiger partial charge < -0.3 is 19.9 Å². The monoisotopic (exact) mass is 395 g/mol. The van der Waals surface area contributed by atoms with Crippen LogP contribution in [-0.2, 0) is 14.3 Å². The van der Waals surface area contributed by atoms with E-state index in [0.717, 1.165) is 10.5 Å². The van der Waals surface area contributed by atoms with Gasteiger partial charge in [-0.15, -0.1) is 11.8 Å². The number of nitrogens with one attached hydrogen (secondary N) is 1. The highest BCUT2D eigenvalue weighted by atomic mass is 32.2. The van der Waals surface area contributed by atoms with Crippen molar-refractivity contribution < 1.29 is 29.0 Å². The van der Waals surface area contributed by atoms with E-state index in [-0.39, 0.29) is 12.4 Å². The summed E-state index contributed by atoms with van der Waals surface area (Å²) in [6.07, 6.45) is 0.700. The third kappa shape index (κ3) is 8.17. The first-order valence-corrected chi connectivity index (χ1v) is 9.26. The van der Waals surface area contributed by atoms with Crippen molar-refractivity contribution in [2.45, 2.75) is 44.2 Å². The van der Waals surface area contributed by atoms with Crippen molar-refractivity contribution >= 4 is 29.8 Å². The molecule has 0 radical (unpaired) electrons. The van der Waals surface area contributed by atoms with Crippen molar-refractivity contribution in [1.29, 1.82) is 0 Å². The lowest BCUT2D eigenvalue weighted by atomic mass is 10.1. The number of alkyl carbamates (subject to hydrolysis) is 1. The summed E-state index contributed by atoms with van der Waals surface area (Å²) in [5, 5.41) is 11.7. The topological polar surface area (TPSA) is 102 Å². The molecule has 0 bridgehead atoms. The van der Waals surface area contributed by atoms with E-state index in [1.807, 2.05) is 6.92 Å². The van der Waals surface area contributed by atoms with Gasteiger partial charge in [0.15, 0.2) is 0 Å². The second-order valence-corrected chi connectivity index (χ2v) is 7.78. The minimum Gasteiger partial charge on any atom is -0.480 e. The summed E-state index contributed by atoms with van der Waals surface area (Å²) in [5.41, 5.74) is 0.488. The number of carboxylic acid groups (broad SMARTS) is 1. The molecule has 27 heavy (non-hydrogen) atoms. The summed E-state index contributed by atoms with van der Waals surface area (Å²) in [5.74, 6) is -1.50. The van der Waals surface area contributed by atoms with Crippen LogP contribution >= 0.6 is 11.8 Å². The minimum absolute atomic E-state index is 0.107. The number of rotatable bonds is 8. The summed E-state index contributed by atoms with van der Waals surface area (Å²) >= 11 is 1.26. The van der Waals surface area contributed by atoms with Gasteiger partial charge in [0.1, 0.15) is 18.2 Å². The Kier molecular flexibility index (Phi) is 8.36. The molecule has 2 N–H and O–H groups in total. The Morgan fingerprint density at radius 3 is 2.52 bits per heavy atom. The van der Waals surface area contributed by atoms with Crippen molar-refractivity contribution in [1.82, 2.24) is 5.32 Å². The van der Waals surface area contributed by atoms with E-state index in [9.17, 15) is 19.5 Å². The van der Waals surface area contributed by atoms with Crippen LogP contribution in [0.15, 0.2) is 35.7 Å². The normalized spacial score (nSPS) is 12.0. The van der Waals surface area contributed by atoms with Crippen molar-refractivity contribution in [3.63, 3.8) is 0 Å². The first-order valence-electron chi connectivity index (χ1n) is 8.27. The van der Waals surface area contributed by atoms with Crippen LogP contribution in [0.3, 0.4) is 0 Å². The number of aliphatic carboxylic acids is 1. The average molecular weight is 395 g/mol. The molecule has 0 saturated carbocycles. The maximum atomic E-state index is 11.8. The van der Waals surface area contributed by atoms with Gasteiger partial charge in [-0.2, -0.15) is 0 Å².